The number of hydrogen-bond acceptors (Lipinski definition) is 8. The minimum absolute atomic E-state index is 0.0406. The molecule has 1 aliphatic carbocycles. The molecule has 0 radical (unpaired) electrons. The zero-order valence-electron chi connectivity index (χ0n) is 12.6. The number of aromatic hydroxyl groups is 1. The van der Waals surface area contributed by atoms with E-state index >= 15 is 0 Å². The lowest BCUT2D eigenvalue weighted by Crippen LogP contribution is -2.60. The summed E-state index contributed by atoms with van der Waals surface area (Å²) >= 11 is 0. The third-order valence-electron chi connectivity index (χ3n) is 4.13. The second kappa shape index (κ2) is 6.50. The predicted octanol–water partition coefficient (Wildman–Crippen LogP) is -1.29. The number of rotatable bonds is 3. The van der Waals surface area contributed by atoms with Crippen LogP contribution in [0.4, 0.5) is 0 Å². The lowest BCUT2D eigenvalue weighted by Gasteiger charge is -2.39. The van der Waals surface area contributed by atoms with Crippen molar-refractivity contribution in [2.45, 2.75) is 37.1 Å². The molecule has 1 heterocycles. The molecule has 1 aliphatic heterocycles. The van der Waals surface area contributed by atoms with Gasteiger partial charge < -0.3 is 35.0 Å². The highest BCUT2D eigenvalue weighted by atomic mass is 16.7. The van der Waals surface area contributed by atoms with E-state index in [1.807, 2.05) is 0 Å². The number of aliphatic hydroxyl groups is 4. The number of fused-ring (bicyclic) bond motifs is 1. The number of benzene rings is 1. The van der Waals surface area contributed by atoms with Crippen LogP contribution in [0.3, 0.4) is 0 Å². The summed E-state index contributed by atoms with van der Waals surface area (Å²) in [6.45, 7) is -0.583. The van der Waals surface area contributed by atoms with Crippen molar-refractivity contribution in [3.05, 3.63) is 29.3 Å². The molecule has 1 fully saturated rings. The second-order valence-electron chi connectivity index (χ2n) is 5.81. The van der Waals surface area contributed by atoms with Gasteiger partial charge in [0.1, 0.15) is 24.4 Å². The highest BCUT2D eigenvalue weighted by Gasteiger charge is 2.45. The van der Waals surface area contributed by atoms with Crippen LogP contribution in [0.15, 0.2) is 18.2 Å². The van der Waals surface area contributed by atoms with Gasteiger partial charge in [-0.25, -0.2) is 0 Å². The minimum atomic E-state index is -1.58. The molecular weight excluding hydrogens is 320 g/mol. The monoisotopic (exact) mass is 338 g/mol. The van der Waals surface area contributed by atoms with Crippen LogP contribution in [0, 0.1) is 0 Å². The topological polar surface area (TPSA) is 137 Å². The van der Waals surface area contributed by atoms with Crippen molar-refractivity contribution in [2.24, 2.45) is 0 Å². The number of hydrogen-bond donors (Lipinski definition) is 5. The SMILES string of the molecule is O=C1C=Cc2cc(O)c(O[C@@H]3O[C@H](CO)[C@@H](O)[C@H](O)[C@H]3O)cc2C1. The third-order valence-corrected chi connectivity index (χ3v) is 4.13. The largest absolute Gasteiger partial charge is 0.504 e. The maximum atomic E-state index is 11.5. The Morgan fingerprint density at radius 1 is 1.12 bits per heavy atom. The highest BCUT2D eigenvalue weighted by molar-refractivity contribution is 5.98. The average molecular weight is 338 g/mol. The molecule has 5 N–H and O–H groups in total. The van der Waals surface area contributed by atoms with Crippen LogP contribution in [0.25, 0.3) is 6.08 Å². The first-order valence-electron chi connectivity index (χ1n) is 7.44. The van der Waals surface area contributed by atoms with Gasteiger partial charge in [0.05, 0.1) is 6.61 Å². The summed E-state index contributed by atoms with van der Waals surface area (Å²) in [6, 6.07) is 2.87. The molecule has 1 aromatic rings. The number of ether oxygens (including phenoxy) is 2. The number of ketones is 1. The van der Waals surface area contributed by atoms with Gasteiger partial charge in [-0.15, -0.1) is 0 Å². The van der Waals surface area contributed by atoms with Crippen molar-refractivity contribution in [1.29, 1.82) is 0 Å². The Bertz CT molecular complexity index is 668. The Kier molecular flexibility index (Phi) is 4.57. The molecule has 0 amide bonds. The van der Waals surface area contributed by atoms with Gasteiger partial charge in [-0.05, 0) is 29.3 Å². The summed E-state index contributed by atoms with van der Waals surface area (Å²) in [5.74, 6) is -0.363. The fourth-order valence-electron chi connectivity index (χ4n) is 2.75. The number of carbonyl (C=O) groups is 1. The van der Waals surface area contributed by atoms with E-state index in [0.717, 1.165) is 0 Å². The first kappa shape index (κ1) is 16.9. The van der Waals surface area contributed by atoms with E-state index in [1.165, 1.54) is 18.2 Å². The fraction of sp³-hybridized carbons (Fsp3) is 0.438. The number of aliphatic hydroxyl groups excluding tert-OH is 4. The van der Waals surface area contributed by atoms with E-state index in [0.29, 0.717) is 11.1 Å². The molecule has 8 nitrogen and oxygen atoms in total. The smallest absolute Gasteiger partial charge is 0.229 e. The van der Waals surface area contributed by atoms with Gasteiger partial charge in [0, 0.05) is 6.42 Å². The Morgan fingerprint density at radius 2 is 1.88 bits per heavy atom. The van der Waals surface area contributed by atoms with Gasteiger partial charge in [0.25, 0.3) is 0 Å². The Labute approximate surface area is 137 Å². The molecule has 1 saturated heterocycles. The first-order chi connectivity index (χ1) is 11.4. The maximum Gasteiger partial charge on any atom is 0.229 e. The molecule has 8 heteroatoms. The van der Waals surface area contributed by atoms with E-state index in [1.54, 1.807) is 6.08 Å². The summed E-state index contributed by atoms with van der Waals surface area (Å²) in [5.41, 5.74) is 1.31. The zero-order valence-corrected chi connectivity index (χ0v) is 12.6. The number of phenolic OH excluding ortho intramolecular Hbond substituents is 1. The number of phenols is 1. The lowest BCUT2D eigenvalue weighted by atomic mass is 9.96. The fourth-order valence-corrected chi connectivity index (χ4v) is 2.75. The first-order valence-corrected chi connectivity index (χ1v) is 7.44. The summed E-state index contributed by atoms with van der Waals surface area (Å²) in [7, 11) is 0. The van der Waals surface area contributed by atoms with E-state index in [9.17, 15) is 25.2 Å². The summed E-state index contributed by atoms with van der Waals surface area (Å²) < 4.78 is 10.6. The van der Waals surface area contributed by atoms with Crippen molar-refractivity contribution in [3.63, 3.8) is 0 Å². The van der Waals surface area contributed by atoms with E-state index in [-0.39, 0.29) is 23.7 Å². The van der Waals surface area contributed by atoms with Crippen LogP contribution in [-0.4, -0.2) is 68.6 Å². The van der Waals surface area contributed by atoms with E-state index in [4.69, 9.17) is 14.6 Å². The molecule has 24 heavy (non-hydrogen) atoms. The number of carbonyl (C=O) groups excluding carboxylic acids is 1. The van der Waals surface area contributed by atoms with Gasteiger partial charge >= 0.3 is 0 Å². The standard InChI is InChI=1S/C16H18O8/c17-6-12-13(20)14(21)15(22)16(24-12)23-11-5-8-3-9(18)2-1-7(8)4-10(11)19/h1-2,4-5,12-17,19-22H,3,6H2/t12-,13-,14+,15-,16-/m1/s1. The van der Waals surface area contributed by atoms with E-state index in [2.05, 4.69) is 0 Å². The molecule has 0 aromatic heterocycles. The molecule has 2 aliphatic rings. The molecule has 0 bridgehead atoms. The number of allylic oxidation sites excluding steroid dienone is 1. The molecule has 5 atom stereocenters. The molecule has 0 unspecified atom stereocenters. The van der Waals surface area contributed by atoms with E-state index < -0.39 is 37.3 Å². The van der Waals surface area contributed by atoms with Crippen molar-refractivity contribution >= 4 is 11.9 Å². The molecule has 1 aromatic carbocycles. The normalized spacial score (nSPS) is 32.5. The van der Waals surface area contributed by atoms with Crippen molar-refractivity contribution in [3.8, 4) is 11.5 Å². The zero-order chi connectivity index (χ0) is 17.4. The summed E-state index contributed by atoms with van der Waals surface area (Å²) in [6.07, 6.45) is -4.03. The van der Waals surface area contributed by atoms with Crippen LogP contribution >= 0.6 is 0 Å². The van der Waals surface area contributed by atoms with Crippen LogP contribution < -0.4 is 4.74 Å². The van der Waals surface area contributed by atoms with Gasteiger partial charge in [-0.3, -0.25) is 4.79 Å². The average Bonchev–Trinajstić information content (AvgIpc) is 2.56. The second-order valence-corrected chi connectivity index (χ2v) is 5.81. The summed E-state index contributed by atoms with van der Waals surface area (Å²) in [5, 5.41) is 48.7. The minimum Gasteiger partial charge on any atom is -0.504 e. The predicted molar refractivity (Wildman–Crippen MR) is 80.2 cm³/mol. The molecule has 0 saturated carbocycles. The maximum absolute atomic E-state index is 11.5. The molecular formula is C16H18O8. The molecule has 0 spiro atoms. The van der Waals surface area contributed by atoms with Crippen LogP contribution in [-0.2, 0) is 16.0 Å². The molecule has 3 rings (SSSR count). The van der Waals surface area contributed by atoms with Crippen molar-refractivity contribution in [1.82, 2.24) is 0 Å². The Hall–Kier alpha value is -1.97. The molecule has 130 valence electrons. The van der Waals surface area contributed by atoms with Crippen LogP contribution in [0.1, 0.15) is 11.1 Å². The Morgan fingerprint density at radius 3 is 2.58 bits per heavy atom. The highest BCUT2D eigenvalue weighted by Crippen LogP contribution is 2.34. The lowest BCUT2D eigenvalue weighted by molar-refractivity contribution is -0.277. The van der Waals surface area contributed by atoms with Crippen molar-refractivity contribution < 1.29 is 39.8 Å². The Balaban J connectivity index is 1.84. The van der Waals surface area contributed by atoms with Crippen LogP contribution in [0.5, 0.6) is 11.5 Å². The van der Waals surface area contributed by atoms with Crippen molar-refractivity contribution in [2.75, 3.05) is 6.61 Å². The van der Waals surface area contributed by atoms with Crippen LogP contribution in [0.2, 0.25) is 0 Å². The quantitative estimate of drug-likeness (QED) is 0.459. The van der Waals surface area contributed by atoms with Gasteiger partial charge in [-0.1, -0.05) is 6.08 Å². The summed E-state index contributed by atoms with van der Waals surface area (Å²) in [4.78, 5) is 11.5. The van der Waals surface area contributed by atoms with Gasteiger partial charge in [-0.2, -0.15) is 0 Å². The third kappa shape index (κ3) is 3.02. The van der Waals surface area contributed by atoms with Gasteiger partial charge in [0.15, 0.2) is 17.3 Å². The van der Waals surface area contributed by atoms with Gasteiger partial charge in [0.2, 0.25) is 6.29 Å².